The molecule has 0 spiro atoms. The summed E-state index contributed by atoms with van der Waals surface area (Å²) in [5.41, 5.74) is 5.47. The summed E-state index contributed by atoms with van der Waals surface area (Å²) in [6.45, 7) is 2.56. The number of carbonyl (C=O) groups excluding carboxylic acids is 1. The minimum Gasteiger partial charge on any atom is -0.502 e. The molecule has 0 aliphatic heterocycles. The number of aryl methyl sites for hydroxylation is 1. The van der Waals surface area contributed by atoms with Crippen molar-refractivity contribution in [3.63, 3.8) is 0 Å². The van der Waals surface area contributed by atoms with Gasteiger partial charge in [0.2, 0.25) is 11.7 Å². The second-order valence-corrected chi connectivity index (χ2v) is 8.77. The van der Waals surface area contributed by atoms with Crippen LogP contribution in [0, 0.1) is 17.2 Å². The maximum atomic E-state index is 12.9. The highest BCUT2D eigenvalue weighted by Crippen LogP contribution is 2.49. The maximum Gasteiger partial charge on any atom is 0.220 e. The fraction of sp³-hybridized carbons (Fsp3) is 0.286. The van der Waals surface area contributed by atoms with Crippen LogP contribution < -0.4 is 14.8 Å². The lowest BCUT2D eigenvalue weighted by atomic mass is 9.88. The summed E-state index contributed by atoms with van der Waals surface area (Å²) in [6.07, 6.45) is 4.29. The van der Waals surface area contributed by atoms with Crippen LogP contribution in [0.4, 0.5) is 0 Å². The molecule has 0 fully saturated rings. The SMILES string of the molecule is COc1cc(C=C2c3ccc(C#N)cc3C(CC(=O)NCc3cccn3C)C2C)cc(OC)c1O. The van der Waals surface area contributed by atoms with Crippen LogP contribution in [0.1, 0.15) is 47.2 Å². The number of aromatic nitrogens is 1. The Morgan fingerprint density at radius 2 is 1.91 bits per heavy atom. The molecule has 1 aliphatic carbocycles. The number of allylic oxidation sites excluding steroid dienone is 1. The molecule has 2 N–H and O–H groups in total. The summed E-state index contributed by atoms with van der Waals surface area (Å²) in [4.78, 5) is 12.9. The van der Waals surface area contributed by atoms with Gasteiger partial charge in [0.05, 0.1) is 32.4 Å². The number of methoxy groups -OCH3 is 2. The van der Waals surface area contributed by atoms with E-state index in [0.717, 1.165) is 28.0 Å². The fourth-order valence-electron chi connectivity index (χ4n) is 4.75. The summed E-state index contributed by atoms with van der Waals surface area (Å²) in [7, 11) is 4.93. The lowest BCUT2D eigenvalue weighted by Gasteiger charge is -2.18. The second-order valence-electron chi connectivity index (χ2n) is 8.77. The van der Waals surface area contributed by atoms with Gasteiger partial charge in [-0.15, -0.1) is 0 Å². The average Bonchev–Trinajstić information content (AvgIpc) is 3.39. The third-order valence-corrected chi connectivity index (χ3v) is 6.73. The van der Waals surface area contributed by atoms with Crippen molar-refractivity contribution in [1.82, 2.24) is 9.88 Å². The summed E-state index contributed by atoms with van der Waals surface area (Å²) < 4.78 is 12.6. The van der Waals surface area contributed by atoms with Crippen LogP contribution >= 0.6 is 0 Å². The number of rotatable bonds is 7. The number of benzene rings is 2. The number of fused-ring (bicyclic) bond motifs is 1. The van der Waals surface area contributed by atoms with Crippen molar-refractivity contribution in [3.05, 3.63) is 76.6 Å². The van der Waals surface area contributed by atoms with Crippen LogP contribution in [-0.2, 0) is 18.4 Å². The molecule has 2 unspecified atom stereocenters. The van der Waals surface area contributed by atoms with Crippen LogP contribution in [0.3, 0.4) is 0 Å². The van der Waals surface area contributed by atoms with Gasteiger partial charge in [-0.3, -0.25) is 4.79 Å². The standard InChI is InChI=1S/C28H29N3O4/c1-17-22(11-19-12-25(34-3)28(33)26(13-19)35-4)21-8-7-18(15-29)10-24(21)23(17)14-27(32)30-16-20-6-5-9-31(20)2/h5-13,17,23,33H,14,16H2,1-4H3,(H,30,32). The average molecular weight is 472 g/mol. The molecule has 7 nitrogen and oxygen atoms in total. The van der Waals surface area contributed by atoms with Gasteiger partial charge in [0.15, 0.2) is 11.5 Å². The minimum atomic E-state index is -0.0705. The van der Waals surface area contributed by atoms with Gasteiger partial charge in [-0.1, -0.05) is 19.1 Å². The van der Waals surface area contributed by atoms with Crippen molar-refractivity contribution in [3.8, 4) is 23.3 Å². The first-order valence-corrected chi connectivity index (χ1v) is 11.4. The Morgan fingerprint density at radius 3 is 2.51 bits per heavy atom. The highest BCUT2D eigenvalue weighted by atomic mass is 16.5. The smallest absolute Gasteiger partial charge is 0.220 e. The van der Waals surface area contributed by atoms with Crippen molar-refractivity contribution in [1.29, 1.82) is 5.26 Å². The number of carbonyl (C=O) groups is 1. The van der Waals surface area contributed by atoms with Crippen LogP contribution in [0.5, 0.6) is 17.2 Å². The summed E-state index contributed by atoms with van der Waals surface area (Å²) in [6, 6.07) is 15.3. The topological polar surface area (TPSA) is 96.5 Å². The molecular formula is C28H29N3O4. The highest BCUT2D eigenvalue weighted by Gasteiger charge is 2.35. The van der Waals surface area contributed by atoms with Crippen molar-refractivity contribution >= 4 is 17.6 Å². The molecule has 180 valence electrons. The van der Waals surface area contributed by atoms with Crippen LogP contribution in [-0.4, -0.2) is 29.8 Å². The molecule has 7 heteroatoms. The summed E-state index contributed by atoms with van der Waals surface area (Å²) in [5, 5.41) is 22.8. The van der Waals surface area contributed by atoms with Crippen LogP contribution in [0.25, 0.3) is 11.6 Å². The molecule has 0 saturated carbocycles. The number of hydrogen-bond acceptors (Lipinski definition) is 5. The third kappa shape index (κ3) is 4.73. The molecule has 2 aromatic carbocycles. The first-order chi connectivity index (χ1) is 16.9. The van der Waals surface area contributed by atoms with Crippen molar-refractivity contribution < 1.29 is 19.4 Å². The lowest BCUT2D eigenvalue weighted by Crippen LogP contribution is -2.26. The molecule has 4 rings (SSSR count). The fourth-order valence-corrected chi connectivity index (χ4v) is 4.75. The van der Waals surface area contributed by atoms with Gasteiger partial charge < -0.3 is 24.5 Å². The van der Waals surface area contributed by atoms with E-state index in [2.05, 4.69) is 18.3 Å². The number of nitrogens with zero attached hydrogens (tertiary/aromatic N) is 2. The summed E-state index contributed by atoms with van der Waals surface area (Å²) in [5.74, 6) is 0.510. The van der Waals surface area contributed by atoms with Gasteiger partial charge in [-0.25, -0.2) is 0 Å². The zero-order chi connectivity index (χ0) is 25.1. The molecule has 2 atom stereocenters. The molecule has 1 heterocycles. The lowest BCUT2D eigenvalue weighted by molar-refractivity contribution is -0.121. The van der Waals surface area contributed by atoms with Crippen molar-refractivity contribution in [2.24, 2.45) is 13.0 Å². The number of phenols is 1. The monoisotopic (exact) mass is 471 g/mol. The van der Waals surface area contributed by atoms with E-state index in [1.807, 2.05) is 48.2 Å². The van der Waals surface area contributed by atoms with Gasteiger partial charge in [-0.05, 0) is 70.5 Å². The maximum absolute atomic E-state index is 12.9. The number of nitriles is 1. The molecule has 1 aliphatic rings. The predicted octanol–water partition coefficient (Wildman–Crippen LogP) is 4.60. The number of amides is 1. The molecule has 0 bridgehead atoms. The first-order valence-electron chi connectivity index (χ1n) is 11.4. The van der Waals surface area contributed by atoms with Gasteiger partial charge in [0.1, 0.15) is 0 Å². The van der Waals surface area contributed by atoms with E-state index in [1.54, 1.807) is 18.2 Å². The van der Waals surface area contributed by atoms with Crippen molar-refractivity contribution in [2.45, 2.75) is 25.8 Å². The number of phenolic OH excluding ortho intramolecular Hbond substituents is 1. The third-order valence-electron chi connectivity index (χ3n) is 6.73. The molecule has 0 saturated heterocycles. The first kappa shape index (κ1) is 24.0. The Hall–Kier alpha value is -4.18. The Morgan fingerprint density at radius 1 is 1.20 bits per heavy atom. The van der Waals surface area contributed by atoms with E-state index in [9.17, 15) is 15.2 Å². The number of nitrogens with one attached hydrogen (secondary N) is 1. The van der Waals surface area contributed by atoms with E-state index in [1.165, 1.54) is 14.2 Å². The molecular weight excluding hydrogens is 442 g/mol. The van der Waals surface area contributed by atoms with Gasteiger partial charge in [0, 0.05) is 25.4 Å². The second kappa shape index (κ2) is 9.98. The van der Waals surface area contributed by atoms with E-state index < -0.39 is 0 Å². The van der Waals surface area contributed by atoms with Crippen LogP contribution in [0.15, 0.2) is 48.7 Å². The van der Waals surface area contributed by atoms with E-state index in [4.69, 9.17) is 9.47 Å². The Labute approximate surface area is 205 Å². The molecule has 1 aromatic heterocycles. The van der Waals surface area contributed by atoms with E-state index in [0.29, 0.717) is 30.0 Å². The zero-order valence-electron chi connectivity index (χ0n) is 20.3. The zero-order valence-corrected chi connectivity index (χ0v) is 20.3. The Balaban J connectivity index is 1.66. The van der Waals surface area contributed by atoms with Crippen molar-refractivity contribution in [2.75, 3.05) is 14.2 Å². The summed E-state index contributed by atoms with van der Waals surface area (Å²) >= 11 is 0. The highest BCUT2D eigenvalue weighted by molar-refractivity contribution is 5.90. The quantitative estimate of drug-likeness (QED) is 0.525. The number of hydrogen-bond donors (Lipinski definition) is 2. The molecule has 35 heavy (non-hydrogen) atoms. The van der Waals surface area contributed by atoms with Crippen LogP contribution in [0.2, 0.25) is 0 Å². The van der Waals surface area contributed by atoms with E-state index >= 15 is 0 Å². The largest absolute Gasteiger partial charge is 0.502 e. The van der Waals surface area contributed by atoms with Gasteiger partial charge in [-0.2, -0.15) is 5.26 Å². The predicted molar refractivity (Wildman–Crippen MR) is 134 cm³/mol. The Bertz CT molecular complexity index is 1310. The molecule has 1 amide bonds. The molecule has 0 radical (unpaired) electrons. The van der Waals surface area contributed by atoms with E-state index in [-0.39, 0.29) is 23.5 Å². The normalized spacial score (nSPS) is 17.6. The number of aromatic hydroxyl groups is 1. The molecule has 3 aromatic rings. The number of ether oxygens (including phenoxy) is 2. The van der Waals surface area contributed by atoms with Gasteiger partial charge in [0.25, 0.3) is 0 Å². The Kier molecular flexibility index (Phi) is 6.83. The van der Waals surface area contributed by atoms with Gasteiger partial charge >= 0.3 is 0 Å². The minimum absolute atomic E-state index is 0.0329.